The van der Waals surface area contributed by atoms with E-state index in [0.29, 0.717) is 33.7 Å². The first-order valence-corrected chi connectivity index (χ1v) is 17.2. The molecule has 0 aliphatic heterocycles. The number of methoxy groups -OCH3 is 2. The van der Waals surface area contributed by atoms with Gasteiger partial charge in [0.2, 0.25) is 11.8 Å². The quantitative estimate of drug-likeness (QED) is 0.218. The van der Waals surface area contributed by atoms with Crippen molar-refractivity contribution in [2.75, 3.05) is 31.7 Å². The number of amides is 2. The smallest absolute Gasteiger partial charge is 0.264 e. The minimum atomic E-state index is -4.34. The predicted molar refractivity (Wildman–Crippen MR) is 179 cm³/mol. The van der Waals surface area contributed by atoms with E-state index in [1.54, 1.807) is 49.4 Å². The lowest BCUT2D eigenvalue weighted by molar-refractivity contribution is -0.139. The van der Waals surface area contributed by atoms with Gasteiger partial charge in [0.25, 0.3) is 10.0 Å². The Morgan fingerprint density at radius 3 is 2.22 bits per heavy atom. The fourth-order valence-electron chi connectivity index (χ4n) is 5.32. The Labute approximate surface area is 280 Å². The molecule has 13 heteroatoms. The molecular formula is C33H39Cl2N3O7S. The summed E-state index contributed by atoms with van der Waals surface area (Å²) in [6.45, 7) is 3.28. The second kappa shape index (κ2) is 15.8. The molecule has 0 saturated heterocycles. The summed E-state index contributed by atoms with van der Waals surface area (Å²) in [6, 6.07) is 14.6. The van der Waals surface area contributed by atoms with Crippen LogP contribution in [0, 0.1) is 0 Å². The molecule has 3 aromatic rings. The number of benzene rings is 3. The van der Waals surface area contributed by atoms with Crippen LogP contribution in [-0.2, 0) is 26.2 Å². The van der Waals surface area contributed by atoms with E-state index in [9.17, 15) is 18.0 Å². The topological polar surface area (TPSA) is 114 Å². The number of sulfonamides is 1. The van der Waals surface area contributed by atoms with Gasteiger partial charge in [-0.3, -0.25) is 13.9 Å². The number of nitrogens with one attached hydrogen (secondary N) is 1. The van der Waals surface area contributed by atoms with Crippen molar-refractivity contribution < 1.29 is 32.2 Å². The minimum Gasteiger partial charge on any atom is -0.494 e. The number of carbonyl (C=O) groups excluding carboxylic acids is 2. The Balaban J connectivity index is 1.73. The number of ether oxygens (including phenoxy) is 3. The lowest BCUT2D eigenvalue weighted by Crippen LogP contribution is -2.52. The van der Waals surface area contributed by atoms with E-state index in [-0.39, 0.29) is 34.8 Å². The van der Waals surface area contributed by atoms with Crippen molar-refractivity contribution in [2.24, 2.45) is 0 Å². The maximum Gasteiger partial charge on any atom is 0.264 e. The standard InChI is InChI=1S/C33H39Cl2N3O7S/c1-5-45-26-13-11-25(12-14-26)38(46(41,42)27-15-17-30(43-3)31(19-27)44-4)21-32(39)37(20-23-10-16-28(34)29(35)18-23)22(2)33(40)36-24-8-6-7-9-24/h10-19,22,24H,5-9,20-21H2,1-4H3,(H,36,40). The highest BCUT2D eigenvalue weighted by molar-refractivity contribution is 7.92. The van der Waals surface area contributed by atoms with Crippen LogP contribution in [0.15, 0.2) is 65.6 Å². The number of rotatable bonds is 14. The molecule has 46 heavy (non-hydrogen) atoms. The van der Waals surface area contributed by atoms with Gasteiger partial charge in [-0.2, -0.15) is 0 Å². The predicted octanol–water partition coefficient (Wildman–Crippen LogP) is 6.08. The first kappa shape index (κ1) is 35.2. The third kappa shape index (κ3) is 8.37. The molecule has 4 rings (SSSR count). The fraction of sp³-hybridized carbons (Fsp3) is 0.394. The van der Waals surface area contributed by atoms with Gasteiger partial charge in [0.15, 0.2) is 11.5 Å². The lowest BCUT2D eigenvalue weighted by Gasteiger charge is -2.32. The Hall–Kier alpha value is -3.67. The molecule has 3 aromatic carbocycles. The van der Waals surface area contributed by atoms with Crippen LogP contribution in [-0.4, -0.2) is 64.6 Å². The molecule has 1 aliphatic rings. The normalized spacial score (nSPS) is 14.0. The number of hydrogen-bond acceptors (Lipinski definition) is 7. The number of anilines is 1. The third-order valence-electron chi connectivity index (χ3n) is 7.86. The van der Waals surface area contributed by atoms with Gasteiger partial charge in [0.1, 0.15) is 18.3 Å². The lowest BCUT2D eigenvalue weighted by atomic mass is 10.1. The van der Waals surface area contributed by atoms with E-state index < -0.39 is 28.5 Å². The van der Waals surface area contributed by atoms with Gasteiger partial charge in [-0.05, 0) is 80.8 Å². The van der Waals surface area contributed by atoms with Gasteiger partial charge in [-0.25, -0.2) is 8.42 Å². The highest BCUT2D eigenvalue weighted by atomic mass is 35.5. The Morgan fingerprint density at radius 1 is 0.935 bits per heavy atom. The average molecular weight is 693 g/mol. The Morgan fingerprint density at radius 2 is 1.61 bits per heavy atom. The molecule has 0 aromatic heterocycles. The van der Waals surface area contributed by atoms with Crippen LogP contribution in [0.4, 0.5) is 5.69 Å². The molecule has 2 amide bonds. The van der Waals surface area contributed by atoms with Crippen molar-refractivity contribution >= 4 is 50.7 Å². The fourth-order valence-corrected chi connectivity index (χ4v) is 7.07. The van der Waals surface area contributed by atoms with Crippen LogP contribution in [0.3, 0.4) is 0 Å². The summed E-state index contributed by atoms with van der Waals surface area (Å²) in [7, 11) is -1.49. The molecular weight excluding hydrogens is 653 g/mol. The molecule has 248 valence electrons. The van der Waals surface area contributed by atoms with Crippen LogP contribution in [0.1, 0.15) is 45.1 Å². The highest BCUT2D eigenvalue weighted by Gasteiger charge is 2.34. The summed E-state index contributed by atoms with van der Waals surface area (Å²) in [4.78, 5) is 28.9. The molecule has 1 fully saturated rings. The first-order chi connectivity index (χ1) is 22.0. The molecule has 0 spiro atoms. The van der Waals surface area contributed by atoms with E-state index in [4.69, 9.17) is 37.4 Å². The molecule has 1 atom stereocenters. The van der Waals surface area contributed by atoms with Gasteiger partial charge < -0.3 is 24.4 Å². The van der Waals surface area contributed by atoms with Gasteiger partial charge in [0, 0.05) is 18.7 Å². The van der Waals surface area contributed by atoms with E-state index >= 15 is 0 Å². The summed E-state index contributed by atoms with van der Waals surface area (Å²) in [5, 5.41) is 3.69. The van der Waals surface area contributed by atoms with Gasteiger partial charge >= 0.3 is 0 Å². The minimum absolute atomic E-state index is 0.0114. The van der Waals surface area contributed by atoms with Crippen molar-refractivity contribution in [3.8, 4) is 17.2 Å². The second-order valence-corrected chi connectivity index (χ2v) is 13.6. The Bertz CT molecular complexity index is 1630. The Kier molecular flexibility index (Phi) is 12.0. The summed E-state index contributed by atoms with van der Waals surface area (Å²) < 4.78 is 45.7. The van der Waals surface area contributed by atoms with E-state index in [0.717, 1.165) is 30.0 Å². The summed E-state index contributed by atoms with van der Waals surface area (Å²) >= 11 is 12.4. The summed E-state index contributed by atoms with van der Waals surface area (Å²) in [5.41, 5.74) is 0.850. The largest absolute Gasteiger partial charge is 0.494 e. The van der Waals surface area contributed by atoms with Crippen LogP contribution >= 0.6 is 23.2 Å². The van der Waals surface area contributed by atoms with E-state index in [2.05, 4.69) is 5.32 Å². The molecule has 1 aliphatic carbocycles. The van der Waals surface area contributed by atoms with Crippen molar-refractivity contribution in [1.82, 2.24) is 10.2 Å². The zero-order valence-electron chi connectivity index (χ0n) is 26.3. The number of carbonyl (C=O) groups is 2. The number of hydrogen-bond donors (Lipinski definition) is 1. The van der Waals surface area contributed by atoms with E-state index in [1.807, 2.05) is 6.92 Å². The van der Waals surface area contributed by atoms with Crippen LogP contribution < -0.4 is 23.8 Å². The maximum absolute atomic E-state index is 14.3. The molecule has 1 N–H and O–H groups in total. The van der Waals surface area contributed by atoms with Crippen LogP contribution in [0.5, 0.6) is 17.2 Å². The number of nitrogens with zero attached hydrogens (tertiary/aromatic N) is 2. The molecule has 0 bridgehead atoms. The second-order valence-electron chi connectivity index (χ2n) is 10.9. The molecule has 0 heterocycles. The monoisotopic (exact) mass is 691 g/mol. The van der Waals surface area contributed by atoms with Gasteiger partial charge in [0.05, 0.1) is 41.5 Å². The van der Waals surface area contributed by atoms with E-state index in [1.165, 1.54) is 37.3 Å². The summed E-state index contributed by atoms with van der Waals surface area (Å²) in [5.74, 6) is 0.174. The molecule has 0 radical (unpaired) electrons. The van der Waals surface area contributed by atoms with Crippen LogP contribution in [0.25, 0.3) is 0 Å². The first-order valence-electron chi connectivity index (χ1n) is 15.0. The van der Waals surface area contributed by atoms with Crippen molar-refractivity contribution in [3.63, 3.8) is 0 Å². The molecule has 10 nitrogen and oxygen atoms in total. The van der Waals surface area contributed by atoms with Gasteiger partial charge in [-0.1, -0.05) is 42.1 Å². The maximum atomic E-state index is 14.3. The zero-order valence-corrected chi connectivity index (χ0v) is 28.6. The highest BCUT2D eigenvalue weighted by Crippen LogP contribution is 2.33. The van der Waals surface area contributed by atoms with Crippen molar-refractivity contribution in [1.29, 1.82) is 0 Å². The van der Waals surface area contributed by atoms with Gasteiger partial charge in [-0.15, -0.1) is 0 Å². The molecule has 1 saturated carbocycles. The third-order valence-corrected chi connectivity index (χ3v) is 10.4. The zero-order chi connectivity index (χ0) is 33.4. The number of halogens is 2. The average Bonchev–Trinajstić information content (AvgIpc) is 3.56. The molecule has 1 unspecified atom stereocenters. The van der Waals surface area contributed by atoms with Crippen LogP contribution in [0.2, 0.25) is 10.0 Å². The SMILES string of the molecule is CCOc1ccc(N(CC(=O)N(Cc2ccc(Cl)c(Cl)c2)C(C)C(=O)NC2CCCC2)S(=O)(=O)c2ccc(OC)c(OC)c2)cc1. The van der Waals surface area contributed by atoms with Crippen molar-refractivity contribution in [2.45, 2.75) is 63.1 Å². The summed E-state index contributed by atoms with van der Waals surface area (Å²) in [6.07, 6.45) is 3.79. The van der Waals surface area contributed by atoms with Crippen molar-refractivity contribution in [3.05, 3.63) is 76.3 Å².